The van der Waals surface area contributed by atoms with E-state index in [0.29, 0.717) is 39.3 Å². The van der Waals surface area contributed by atoms with E-state index in [9.17, 15) is 24.6 Å². The number of hydrogen-bond acceptors (Lipinski definition) is 7. The second kappa shape index (κ2) is 11.8. The van der Waals surface area contributed by atoms with Crippen LogP contribution in [0, 0.1) is 5.41 Å². The lowest BCUT2D eigenvalue weighted by Crippen LogP contribution is -2.30. The molecule has 0 bridgehead atoms. The summed E-state index contributed by atoms with van der Waals surface area (Å²) in [5.74, 6) is -1.52. The number of amides is 1. The summed E-state index contributed by atoms with van der Waals surface area (Å²) >= 11 is 5.80. The van der Waals surface area contributed by atoms with Crippen molar-refractivity contribution in [2.45, 2.75) is 32.9 Å². The van der Waals surface area contributed by atoms with E-state index in [1.165, 1.54) is 19.2 Å². The summed E-state index contributed by atoms with van der Waals surface area (Å²) in [6, 6.07) is 17.0. The number of anilines is 2. The molecule has 3 heterocycles. The van der Waals surface area contributed by atoms with Crippen LogP contribution >= 0.6 is 12.2 Å². The van der Waals surface area contributed by atoms with Crippen LogP contribution in [0.1, 0.15) is 65.0 Å². The normalized spacial score (nSPS) is 16.4. The van der Waals surface area contributed by atoms with Crippen LogP contribution in [0.15, 0.2) is 77.3 Å². The van der Waals surface area contributed by atoms with Crippen molar-refractivity contribution in [3.05, 3.63) is 95.5 Å². The van der Waals surface area contributed by atoms with Crippen molar-refractivity contribution >= 4 is 46.6 Å². The molecule has 1 aliphatic rings. The molecule has 2 aromatic heterocycles. The number of carboxylic acids is 2. The minimum atomic E-state index is -1.26. The number of rotatable bonds is 8. The van der Waals surface area contributed by atoms with Crippen molar-refractivity contribution in [1.29, 1.82) is 0 Å². The van der Waals surface area contributed by atoms with Gasteiger partial charge in [-0.15, -0.1) is 0 Å². The van der Waals surface area contributed by atoms with Crippen molar-refractivity contribution in [3.63, 3.8) is 0 Å². The van der Waals surface area contributed by atoms with E-state index in [2.05, 4.69) is 15.6 Å². The van der Waals surface area contributed by atoms with Crippen LogP contribution in [-0.2, 0) is 4.79 Å². The van der Waals surface area contributed by atoms with Gasteiger partial charge in [-0.2, -0.15) is 0 Å². The van der Waals surface area contributed by atoms with Gasteiger partial charge in [0, 0.05) is 28.9 Å². The number of carbonyl (C=O) groups excluding carboxylic acids is 1. The number of aromatic carboxylic acids is 2. The molecular formula is C32H30N4O7S. The first-order chi connectivity index (χ1) is 20.9. The number of furan rings is 1. The van der Waals surface area contributed by atoms with Crippen LogP contribution in [0.2, 0.25) is 0 Å². The van der Waals surface area contributed by atoms with E-state index in [1.807, 2.05) is 43.9 Å². The number of methoxy groups -OCH3 is 1. The second-order valence-corrected chi connectivity index (χ2v) is 11.6. The number of carbonyl (C=O) groups is 3. The third-order valence-electron chi connectivity index (χ3n) is 7.12. The van der Waals surface area contributed by atoms with Crippen molar-refractivity contribution in [1.82, 2.24) is 10.3 Å². The van der Waals surface area contributed by atoms with Crippen LogP contribution in [0.5, 0.6) is 5.75 Å². The van der Waals surface area contributed by atoms with Crippen LogP contribution in [0.25, 0.3) is 11.3 Å². The van der Waals surface area contributed by atoms with Gasteiger partial charge in [0.25, 0.3) is 0 Å². The fourth-order valence-electron chi connectivity index (χ4n) is 4.85. The highest BCUT2D eigenvalue weighted by molar-refractivity contribution is 7.80. The Hall–Kier alpha value is -5.23. The van der Waals surface area contributed by atoms with Crippen molar-refractivity contribution in [2.24, 2.45) is 5.41 Å². The number of hydrogen-bond donors (Lipinski definition) is 4. The minimum absolute atomic E-state index is 0.170. The van der Waals surface area contributed by atoms with Gasteiger partial charge < -0.3 is 34.9 Å². The molecule has 4 N–H and O–H groups in total. The van der Waals surface area contributed by atoms with Crippen LogP contribution in [0.4, 0.5) is 11.4 Å². The van der Waals surface area contributed by atoms with E-state index in [1.54, 1.807) is 36.5 Å². The third-order valence-corrected chi connectivity index (χ3v) is 7.44. The molecule has 11 nitrogen and oxygen atoms in total. The number of benzene rings is 2. The van der Waals surface area contributed by atoms with E-state index >= 15 is 0 Å². The molecule has 44 heavy (non-hydrogen) atoms. The lowest BCUT2D eigenvalue weighted by Gasteiger charge is -2.27. The first-order valence-electron chi connectivity index (χ1n) is 13.6. The van der Waals surface area contributed by atoms with Crippen LogP contribution < -0.4 is 20.3 Å². The van der Waals surface area contributed by atoms with Gasteiger partial charge >= 0.3 is 11.9 Å². The van der Waals surface area contributed by atoms with Gasteiger partial charge in [-0.3, -0.25) is 9.78 Å². The Kier molecular flexibility index (Phi) is 8.11. The molecule has 226 valence electrons. The molecule has 1 amide bonds. The molecule has 0 unspecified atom stereocenters. The van der Waals surface area contributed by atoms with E-state index < -0.39 is 29.4 Å². The third kappa shape index (κ3) is 5.97. The summed E-state index contributed by atoms with van der Waals surface area (Å²) in [7, 11) is 1.51. The summed E-state index contributed by atoms with van der Waals surface area (Å²) in [6.45, 7) is 5.45. The summed E-state index contributed by atoms with van der Waals surface area (Å²) in [4.78, 5) is 42.5. The van der Waals surface area contributed by atoms with Gasteiger partial charge in [0.15, 0.2) is 5.11 Å². The molecule has 0 spiro atoms. The van der Waals surface area contributed by atoms with Crippen LogP contribution in [0.3, 0.4) is 0 Å². The van der Waals surface area contributed by atoms with Gasteiger partial charge in [0.1, 0.15) is 23.3 Å². The maximum atomic E-state index is 12.7. The van der Waals surface area contributed by atoms with E-state index in [0.717, 1.165) is 6.07 Å². The number of thiocarbonyl (C=S) groups is 1. The Labute approximate surface area is 258 Å². The smallest absolute Gasteiger partial charge is 0.335 e. The van der Waals surface area contributed by atoms with Crippen molar-refractivity contribution in [2.75, 3.05) is 17.3 Å². The Bertz CT molecular complexity index is 1730. The second-order valence-electron chi connectivity index (χ2n) is 11.2. The fourth-order valence-corrected chi connectivity index (χ4v) is 5.19. The van der Waals surface area contributed by atoms with Gasteiger partial charge in [0.2, 0.25) is 5.91 Å². The molecule has 0 aliphatic carbocycles. The molecule has 1 aliphatic heterocycles. The van der Waals surface area contributed by atoms with Crippen molar-refractivity contribution in [3.8, 4) is 17.1 Å². The van der Waals surface area contributed by atoms with Gasteiger partial charge in [-0.25, -0.2) is 9.59 Å². The number of aromatic nitrogens is 1. The summed E-state index contributed by atoms with van der Waals surface area (Å²) in [5, 5.41) is 25.7. The first-order valence-corrected chi connectivity index (χ1v) is 14.0. The highest BCUT2D eigenvalue weighted by atomic mass is 32.1. The molecule has 0 radical (unpaired) electrons. The zero-order valence-electron chi connectivity index (χ0n) is 24.3. The molecule has 1 saturated heterocycles. The molecule has 2 atom stereocenters. The molecule has 0 saturated carbocycles. The number of nitrogens with one attached hydrogen (secondary N) is 2. The SMILES string of the molecule is COc1cc(N2C(=S)N[C@@H](c3ccccn3)[C@H]2c2ccc(-c3cc(C(=O)O)cc(C(=O)O)c3)o2)ccc1NC(=O)C(C)(C)C. The number of carboxylic acid groups (broad SMARTS) is 2. The van der Waals surface area contributed by atoms with E-state index in [-0.39, 0.29) is 22.8 Å². The Morgan fingerprint density at radius 1 is 1.00 bits per heavy atom. The summed E-state index contributed by atoms with van der Waals surface area (Å²) < 4.78 is 11.9. The zero-order chi connectivity index (χ0) is 31.8. The van der Waals surface area contributed by atoms with E-state index in [4.69, 9.17) is 21.4 Å². The average Bonchev–Trinajstić information content (AvgIpc) is 3.61. The number of ether oxygens (including phenoxy) is 1. The van der Waals surface area contributed by atoms with Gasteiger partial charge in [0.05, 0.1) is 35.7 Å². The largest absolute Gasteiger partial charge is 0.494 e. The predicted octanol–water partition coefficient (Wildman–Crippen LogP) is 5.91. The molecule has 2 aromatic carbocycles. The van der Waals surface area contributed by atoms with Crippen molar-refractivity contribution < 1.29 is 33.8 Å². The first kappa shape index (κ1) is 30.2. The molecule has 12 heteroatoms. The van der Waals surface area contributed by atoms with Gasteiger partial charge in [-0.05, 0) is 66.8 Å². The maximum Gasteiger partial charge on any atom is 0.335 e. The Balaban J connectivity index is 1.59. The lowest BCUT2D eigenvalue weighted by atomic mass is 9.95. The molecule has 4 aromatic rings. The summed E-state index contributed by atoms with van der Waals surface area (Å²) in [5.41, 5.74) is 1.17. The lowest BCUT2D eigenvalue weighted by molar-refractivity contribution is -0.123. The topological polar surface area (TPSA) is 154 Å². The molecule has 1 fully saturated rings. The summed E-state index contributed by atoms with van der Waals surface area (Å²) in [6.07, 6.45) is 1.67. The van der Waals surface area contributed by atoms with Crippen LogP contribution in [-0.4, -0.2) is 45.3 Å². The zero-order valence-corrected chi connectivity index (χ0v) is 25.1. The number of pyridine rings is 1. The maximum absolute atomic E-state index is 12.7. The quantitative estimate of drug-likeness (QED) is 0.175. The number of nitrogens with zero attached hydrogens (tertiary/aromatic N) is 2. The van der Waals surface area contributed by atoms with Gasteiger partial charge in [-0.1, -0.05) is 26.8 Å². The molecule has 5 rings (SSSR count). The highest BCUT2D eigenvalue weighted by Crippen LogP contribution is 2.44. The average molecular weight is 615 g/mol. The predicted molar refractivity (Wildman–Crippen MR) is 167 cm³/mol. The Morgan fingerprint density at radius 3 is 2.30 bits per heavy atom. The Morgan fingerprint density at radius 2 is 1.70 bits per heavy atom. The highest BCUT2D eigenvalue weighted by Gasteiger charge is 2.43. The minimum Gasteiger partial charge on any atom is -0.494 e. The monoisotopic (exact) mass is 614 g/mol. The fraction of sp³-hybridized carbons (Fsp3) is 0.219. The standard InChI is InChI=1S/C32H30N4O7S/c1-32(2,3)30(41)34-21-9-8-20(16-25(21)42-4)36-27(26(35-31(36)44)22-7-5-6-12-33-22)24-11-10-23(43-24)17-13-18(28(37)38)15-19(14-17)29(39)40/h5-16,26-27H,1-4H3,(H,34,41)(H,35,44)(H,37,38)(H,39,40)/t26-,27+/m0/s1. The molecular weight excluding hydrogens is 584 g/mol.